The molecule has 202 valence electrons. The van der Waals surface area contributed by atoms with Gasteiger partial charge in [0.1, 0.15) is 0 Å². The molecule has 0 spiro atoms. The Labute approximate surface area is 226 Å². The van der Waals surface area contributed by atoms with E-state index in [1.54, 1.807) is 0 Å². The highest BCUT2D eigenvalue weighted by Crippen LogP contribution is 2.25. The van der Waals surface area contributed by atoms with E-state index >= 15 is 0 Å². The van der Waals surface area contributed by atoms with Crippen molar-refractivity contribution in [2.45, 2.75) is 77.3 Å². The Morgan fingerprint density at radius 2 is 1.21 bits per heavy atom. The third-order valence-corrected chi connectivity index (χ3v) is 8.31. The number of carbonyl (C=O) groups is 2. The molecule has 3 aromatic rings. The van der Waals surface area contributed by atoms with Crippen molar-refractivity contribution in [1.82, 2.24) is 14.8 Å². The van der Waals surface area contributed by atoms with Gasteiger partial charge in [0.25, 0.3) is 0 Å². The van der Waals surface area contributed by atoms with Crippen LogP contribution in [0.2, 0.25) is 0 Å². The summed E-state index contributed by atoms with van der Waals surface area (Å²) in [4.78, 5) is 34.9. The number of fused-ring (bicyclic) bond motifs is 2. The second-order valence-corrected chi connectivity index (χ2v) is 11.2. The minimum Gasteiger partial charge on any atom is -0.326 e. The van der Waals surface area contributed by atoms with Crippen LogP contribution in [0.25, 0.3) is 21.8 Å². The largest absolute Gasteiger partial charge is 0.326 e. The Morgan fingerprint density at radius 1 is 0.737 bits per heavy atom. The summed E-state index contributed by atoms with van der Waals surface area (Å²) in [6.07, 6.45) is 8.44. The van der Waals surface area contributed by atoms with E-state index in [0.29, 0.717) is 24.9 Å². The summed E-state index contributed by atoms with van der Waals surface area (Å²) in [5.74, 6) is 0.0683. The molecular formula is C31H41N5O2. The minimum absolute atomic E-state index is 0.0341. The van der Waals surface area contributed by atoms with E-state index in [4.69, 9.17) is 4.98 Å². The first-order valence-corrected chi connectivity index (χ1v) is 14.4. The second-order valence-electron chi connectivity index (χ2n) is 11.2. The van der Waals surface area contributed by atoms with Crippen LogP contribution in [0.15, 0.2) is 42.5 Å². The van der Waals surface area contributed by atoms with Gasteiger partial charge < -0.3 is 20.4 Å². The number of likely N-dealkylation sites (tertiary alicyclic amines) is 2. The van der Waals surface area contributed by atoms with Gasteiger partial charge in [-0.05, 0) is 83.0 Å². The smallest absolute Gasteiger partial charge is 0.225 e. The molecule has 5 rings (SSSR count). The zero-order valence-electron chi connectivity index (χ0n) is 22.8. The molecule has 2 aliphatic rings. The van der Waals surface area contributed by atoms with Crippen LogP contribution in [0.3, 0.4) is 0 Å². The fourth-order valence-corrected chi connectivity index (χ4v) is 5.89. The van der Waals surface area contributed by atoms with E-state index in [1.807, 2.05) is 36.4 Å². The average molecular weight is 516 g/mol. The Kier molecular flexibility index (Phi) is 8.55. The molecule has 0 saturated carbocycles. The van der Waals surface area contributed by atoms with Crippen molar-refractivity contribution in [2.75, 3.05) is 36.8 Å². The van der Waals surface area contributed by atoms with E-state index in [2.05, 4.69) is 40.3 Å². The molecule has 2 aliphatic heterocycles. The lowest BCUT2D eigenvalue weighted by molar-refractivity contribution is -0.117. The summed E-state index contributed by atoms with van der Waals surface area (Å²) in [6, 6.07) is 15.0. The van der Waals surface area contributed by atoms with Crippen LogP contribution in [0.5, 0.6) is 0 Å². The highest BCUT2D eigenvalue weighted by Gasteiger charge is 2.20. The van der Waals surface area contributed by atoms with Crippen molar-refractivity contribution in [3.05, 3.63) is 42.5 Å². The van der Waals surface area contributed by atoms with Gasteiger partial charge >= 0.3 is 0 Å². The van der Waals surface area contributed by atoms with Crippen molar-refractivity contribution in [3.8, 4) is 0 Å². The second kappa shape index (κ2) is 12.2. The molecule has 7 nitrogen and oxygen atoms in total. The maximum Gasteiger partial charge on any atom is 0.225 e. The van der Waals surface area contributed by atoms with Crippen LogP contribution in [0.1, 0.15) is 65.2 Å². The van der Waals surface area contributed by atoms with Crippen LogP contribution >= 0.6 is 0 Å². The molecule has 0 radical (unpaired) electrons. The molecule has 7 heteroatoms. The average Bonchev–Trinajstić information content (AvgIpc) is 2.91. The third kappa shape index (κ3) is 6.69. The van der Waals surface area contributed by atoms with Crippen LogP contribution in [0.4, 0.5) is 11.4 Å². The lowest BCUT2D eigenvalue weighted by atomic mass is 10.0. The fraction of sp³-hybridized carbons (Fsp3) is 0.516. The summed E-state index contributed by atoms with van der Waals surface area (Å²) < 4.78 is 0. The molecule has 2 fully saturated rings. The maximum atomic E-state index is 12.6. The van der Waals surface area contributed by atoms with Crippen LogP contribution in [-0.2, 0) is 9.59 Å². The lowest BCUT2D eigenvalue weighted by Crippen LogP contribution is -2.39. The van der Waals surface area contributed by atoms with Gasteiger partial charge in [-0.2, -0.15) is 0 Å². The number of pyridine rings is 1. The van der Waals surface area contributed by atoms with Gasteiger partial charge in [-0.15, -0.1) is 0 Å². The Balaban J connectivity index is 1.21. The van der Waals surface area contributed by atoms with Crippen LogP contribution < -0.4 is 10.6 Å². The number of hydrogen-bond donors (Lipinski definition) is 2. The van der Waals surface area contributed by atoms with Gasteiger partial charge in [0.2, 0.25) is 11.8 Å². The van der Waals surface area contributed by atoms with Gasteiger partial charge in [-0.3, -0.25) is 9.59 Å². The molecule has 38 heavy (non-hydrogen) atoms. The lowest BCUT2D eigenvalue weighted by Gasteiger charge is -2.33. The van der Waals surface area contributed by atoms with Crippen LogP contribution in [-0.4, -0.2) is 64.9 Å². The summed E-state index contributed by atoms with van der Waals surface area (Å²) in [5, 5.41) is 8.14. The summed E-state index contributed by atoms with van der Waals surface area (Å²) >= 11 is 0. The van der Waals surface area contributed by atoms with Gasteiger partial charge in [0.15, 0.2) is 0 Å². The van der Waals surface area contributed by atoms with Crippen molar-refractivity contribution < 1.29 is 9.59 Å². The summed E-state index contributed by atoms with van der Waals surface area (Å²) in [6.45, 7) is 8.28. The quantitative estimate of drug-likeness (QED) is 0.371. The number of aromatic nitrogens is 1. The Morgan fingerprint density at radius 3 is 1.66 bits per heavy atom. The molecule has 1 aromatic heterocycles. The molecule has 0 unspecified atom stereocenters. The standard InChI is InChI=1S/C31H41N5O2/c1-22-7-3-5-15-35(22)17-13-30(37)32-26-11-9-24-19-25-10-12-27(21-29(25)34-28(24)20-26)33-31(38)14-18-36-16-6-4-8-23(36)2/h9-12,19-23H,3-8,13-18H2,1-2H3,(H,32,37)(H,33,38)/t22-,23-/m1/s1. The predicted molar refractivity (Wildman–Crippen MR) is 156 cm³/mol. The van der Waals surface area contributed by atoms with Crippen LogP contribution in [0, 0.1) is 0 Å². The molecule has 3 heterocycles. The van der Waals surface area contributed by atoms with E-state index in [9.17, 15) is 9.59 Å². The van der Waals surface area contributed by atoms with Gasteiger partial charge in [-0.25, -0.2) is 4.98 Å². The first-order chi connectivity index (χ1) is 18.4. The molecule has 2 amide bonds. The monoisotopic (exact) mass is 515 g/mol. The Hall–Kier alpha value is -3.03. The molecule has 2 saturated heterocycles. The third-order valence-electron chi connectivity index (χ3n) is 8.31. The number of carbonyl (C=O) groups excluding carboxylic acids is 2. The molecule has 2 atom stereocenters. The Bertz CT molecular complexity index is 1200. The molecule has 0 bridgehead atoms. The first kappa shape index (κ1) is 26.6. The highest BCUT2D eigenvalue weighted by molar-refractivity contribution is 5.99. The SMILES string of the molecule is C[C@@H]1CCCCN1CCC(=O)Nc1ccc2cc3ccc(NC(=O)CCN4CCCC[C@H]4C)cc3nc2c1. The predicted octanol–water partition coefficient (Wildman–Crippen LogP) is 5.79. The summed E-state index contributed by atoms with van der Waals surface area (Å²) in [5.41, 5.74) is 3.17. The molecule has 2 N–H and O–H groups in total. The molecule has 2 aromatic carbocycles. The number of anilines is 2. The molecular weight excluding hydrogens is 474 g/mol. The van der Waals surface area contributed by atoms with Crippen molar-refractivity contribution in [2.24, 2.45) is 0 Å². The van der Waals surface area contributed by atoms with E-state index in [1.165, 1.54) is 38.5 Å². The normalized spacial score (nSPS) is 21.0. The number of nitrogens with one attached hydrogen (secondary N) is 2. The summed E-state index contributed by atoms with van der Waals surface area (Å²) in [7, 11) is 0. The minimum atomic E-state index is 0.0341. The molecule has 0 aliphatic carbocycles. The van der Waals surface area contributed by atoms with Gasteiger partial charge in [-0.1, -0.05) is 25.0 Å². The fourth-order valence-electron chi connectivity index (χ4n) is 5.89. The van der Waals surface area contributed by atoms with E-state index < -0.39 is 0 Å². The van der Waals surface area contributed by atoms with Gasteiger partial charge in [0, 0.05) is 60.2 Å². The number of nitrogens with zero attached hydrogens (tertiary/aromatic N) is 3. The zero-order chi connectivity index (χ0) is 26.5. The number of piperidine rings is 2. The van der Waals surface area contributed by atoms with E-state index in [-0.39, 0.29) is 11.8 Å². The number of hydrogen-bond acceptors (Lipinski definition) is 5. The highest BCUT2D eigenvalue weighted by atomic mass is 16.2. The number of benzene rings is 2. The number of amides is 2. The van der Waals surface area contributed by atoms with E-state index in [0.717, 1.165) is 59.4 Å². The topological polar surface area (TPSA) is 77.6 Å². The first-order valence-electron chi connectivity index (χ1n) is 14.4. The van der Waals surface area contributed by atoms with Gasteiger partial charge in [0.05, 0.1) is 11.0 Å². The zero-order valence-corrected chi connectivity index (χ0v) is 22.8. The van der Waals surface area contributed by atoms with Crippen molar-refractivity contribution in [3.63, 3.8) is 0 Å². The van der Waals surface area contributed by atoms with Crippen molar-refractivity contribution in [1.29, 1.82) is 0 Å². The number of rotatable bonds is 8. The van der Waals surface area contributed by atoms with Crippen molar-refractivity contribution >= 4 is 45.0 Å². The maximum absolute atomic E-state index is 12.6.